The highest BCUT2D eigenvalue weighted by Gasteiger charge is 2.28. The summed E-state index contributed by atoms with van der Waals surface area (Å²) >= 11 is 0. The number of rotatable bonds is 4. The Balaban J connectivity index is 2.08. The number of sulfonamides is 1. The number of imidazole rings is 1. The van der Waals surface area contributed by atoms with E-state index in [2.05, 4.69) is 9.97 Å². The third-order valence-corrected chi connectivity index (χ3v) is 5.03. The van der Waals surface area contributed by atoms with E-state index in [1.54, 1.807) is 6.92 Å². The van der Waals surface area contributed by atoms with Crippen molar-refractivity contribution in [3.05, 3.63) is 12.0 Å². The molecule has 0 bridgehead atoms. The van der Waals surface area contributed by atoms with Crippen molar-refractivity contribution >= 4 is 15.9 Å². The Morgan fingerprint density at radius 3 is 2.75 bits per heavy atom. The van der Waals surface area contributed by atoms with Crippen LogP contribution >= 0.6 is 0 Å². The third-order valence-electron chi connectivity index (χ3n) is 3.22. The molecule has 1 fully saturated rings. The molecule has 1 aliphatic rings. The van der Waals surface area contributed by atoms with E-state index >= 15 is 0 Å². The summed E-state index contributed by atoms with van der Waals surface area (Å²) in [6.07, 6.45) is 2.00. The molecule has 1 amide bonds. The Kier molecular flexibility index (Phi) is 4.41. The first kappa shape index (κ1) is 14.9. The second-order valence-electron chi connectivity index (χ2n) is 4.83. The van der Waals surface area contributed by atoms with E-state index in [1.165, 1.54) is 10.5 Å². The Labute approximate surface area is 118 Å². The van der Waals surface area contributed by atoms with Gasteiger partial charge in [0.15, 0.2) is 5.03 Å². The molecule has 9 heteroatoms. The van der Waals surface area contributed by atoms with Gasteiger partial charge in [-0.05, 0) is 19.9 Å². The van der Waals surface area contributed by atoms with Crippen molar-refractivity contribution in [2.75, 3.05) is 32.7 Å². The topological polar surface area (TPSA) is 112 Å². The van der Waals surface area contributed by atoms with Crippen LogP contribution in [0.3, 0.4) is 0 Å². The van der Waals surface area contributed by atoms with Crippen molar-refractivity contribution in [1.29, 1.82) is 0 Å². The van der Waals surface area contributed by atoms with Crippen molar-refractivity contribution in [2.24, 2.45) is 5.73 Å². The highest BCUT2D eigenvalue weighted by molar-refractivity contribution is 7.89. The molecule has 1 aromatic heterocycles. The largest absolute Gasteiger partial charge is 0.369 e. The van der Waals surface area contributed by atoms with E-state index in [9.17, 15) is 13.2 Å². The van der Waals surface area contributed by atoms with Crippen molar-refractivity contribution < 1.29 is 13.2 Å². The second-order valence-corrected chi connectivity index (χ2v) is 6.74. The summed E-state index contributed by atoms with van der Waals surface area (Å²) in [5.74, 6) is 0.166. The zero-order valence-corrected chi connectivity index (χ0v) is 12.2. The molecule has 20 heavy (non-hydrogen) atoms. The normalized spacial score (nSPS) is 18.9. The minimum atomic E-state index is -3.54. The van der Waals surface area contributed by atoms with Gasteiger partial charge in [0, 0.05) is 19.6 Å². The van der Waals surface area contributed by atoms with Crippen molar-refractivity contribution in [3.8, 4) is 0 Å². The Bertz CT molecular complexity index is 583. The van der Waals surface area contributed by atoms with Crippen LogP contribution in [0.25, 0.3) is 0 Å². The lowest BCUT2D eigenvalue weighted by molar-refractivity contribution is -0.119. The van der Waals surface area contributed by atoms with E-state index in [0.29, 0.717) is 38.4 Å². The minimum absolute atomic E-state index is 0.110. The highest BCUT2D eigenvalue weighted by atomic mass is 32.2. The number of hydrogen-bond acceptors (Lipinski definition) is 5. The second kappa shape index (κ2) is 5.90. The van der Waals surface area contributed by atoms with Gasteiger partial charge in [-0.3, -0.25) is 9.69 Å². The molecule has 0 aliphatic carbocycles. The van der Waals surface area contributed by atoms with Gasteiger partial charge in [0.25, 0.3) is 10.0 Å². The number of aryl methyl sites for hydroxylation is 1. The predicted molar refractivity (Wildman–Crippen MR) is 72.3 cm³/mol. The van der Waals surface area contributed by atoms with Gasteiger partial charge in [0.1, 0.15) is 5.82 Å². The number of aromatic amines is 1. The summed E-state index contributed by atoms with van der Waals surface area (Å²) in [4.78, 5) is 19.5. The van der Waals surface area contributed by atoms with E-state index in [-0.39, 0.29) is 11.6 Å². The van der Waals surface area contributed by atoms with Gasteiger partial charge in [-0.25, -0.2) is 13.4 Å². The molecule has 0 aromatic carbocycles. The van der Waals surface area contributed by atoms with E-state index < -0.39 is 15.9 Å². The van der Waals surface area contributed by atoms with Crippen molar-refractivity contribution in [2.45, 2.75) is 18.4 Å². The summed E-state index contributed by atoms with van der Waals surface area (Å²) in [7, 11) is -3.54. The molecule has 3 N–H and O–H groups in total. The van der Waals surface area contributed by atoms with Crippen LogP contribution in [0.2, 0.25) is 0 Å². The van der Waals surface area contributed by atoms with E-state index in [4.69, 9.17) is 5.73 Å². The number of amides is 1. The number of aromatic nitrogens is 2. The molecule has 0 spiro atoms. The Morgan fingerprint density at radius 1 is 1.40 bits per heavy atom. The first-order chi connectivity index (χ1) is 9.39. The maximum Gasteiger partial charge on any atom is 0.260 e. The Hall–Kier alpha value is -1.45. The van der Waals surface area contributed by atoms with Crippen molar-refractivity contribution in [3.63, 3.8) is 0 Å². The van der Waals surface area contributed by atoms with Crippen LogP contribution in [0.15, 0.2) is 11.2 Å². The van der Waals surface area contributed by atoms with Gasteiger partial charge in [-0.1, -0.05) is 0 Å². The maximum absolute atomic E-state index is 12.4. The monoisotopic (exact) mass is 301 g/mol. The van der Waals surface area contributed by atoms with Gasteiger partial charge in [-0.15, -0.1) is 0 Å². The van der Waals surface area contributed by atoms with Crippen LogP contribution in [0.5, 0.6) is 0 Å². The number of hydrogen-bond donors (Lipinski definition) is 2. The van der Waals surface area contributed by atoms with Gasteiger partial charge in [-0.2, -0.15) is 4.31 Å². The average molecular weight is 301 g/mol. The molecule has 112 valence electrons. The molecule has 0 atom stereocenters. The lowest BCUT2D eigenvalue weighted by Crippen LogP contribution is -2.38. The lowest BCUT2D eigenvalue weighted by Gasteiger charge is -2.20. The number of nitrogens with one attached hydrogen (secondary N) is 1. The first-order valence-corrected chi connectivity index (χ1v) is 7.86. The van der Waals surface area contributed by atoms with E-state index in [1.807, 2.05) is 4.90 Å². The average Bonchev–Trinajstić information content (AvgIpc) is 2.66. The Morgan fingerprint density at radius 2 is 2.15 bits per heavy atom. The quantitative estimate of drug-likeness (QED) is 0.733. The number of carbonyl (C=O) groups excluding carboxylic acids is 1. The fraction of sp³-hybridized carbons (Fsp3) is 0.636. The molecule has 8 nitrogen and oxygen atoms in total. The number of nitrogens with two attached hydrogens (primary N) is 1. The zero-order valence-electron chi connectivity index (χ0n) is 11.4. The minimum Gasteiger partial charge on any atom is -0.369 e. The molecular weight excluding hydrogens is 282 g/mol. The van der Waals surface area contributed by atoms with Crippen LogP contribution in [0, 0.1) is 6.92 Å². The van der Waals surface area contributed by atoms with Crippen molar-refractivity contribution in [1.82, 2.24) is 19.2 Å². The van der Waals surface area contributed by atoms with Crippen LogP contribution < -0.4 is 5.73 Å². The van der Waals surface area contributed by atoms with Gasteiger partial charge in [0.05, 0.1) is 12.7 Å². The summed E-state index contributed by atoms with van der Waals surface area (Å²) in [5, 5.41) is 0.110. The molecule has 1 saturated heterocycles. The van der Waals surface area contributed by atoms with Gasteiger partial charge >= 0.3 is 0 Å². The van der Waals surface area contributed by atoms with Crippen LogP contribution in [-0.2, 0) is 14.8 Å². The molecule has 0 saturated carbocycles. The maximum atomic E-state index is 12.4. The van der Waals surface area contributed by atoms with Gasteiger partial charge < -0.3 is 10.7 Å². The molecule has 1 aliphatic heterocycles. The number of primary amides is 1. The highest BCUT2D eigenvalue weighted by Crippen LogP contribution is 2.15. The summed E-state index contributed by atoms with van der Waals surface area (Å²) < 4.78 is 26.3. The molecule has 2 rings (SSSR count). The summed E-state index contributed by atoms with van der Waals surface area (Å²) in [6.45, 7) is 3.79. The third kappa shape index (κ3) is 3.35. The first-order valence-electron chi connectivity index (χ1n) is 6.42. The predicted octanol–water partition coefficient (Wildman–Crippen LogP) is -1.10. The van der Waals surface area contributed by atoms with Gasteiger partial charge in [0.2, 0.25) is 5.91 Å². The molecule has 0 radical (unpaired) electrons. The lowest BCUT2D eigenvalue weighted by atomic mass is 10.4. The smallest absolute Gasteiger partial charge is 0.260 e. The molecule has 2 heterocycles. The standard InChI is InChI=1S/C11H19N5O3S/c1-9-13-7-11(14-9)20(18,19)16-4-2-3-15(5-6-16)8-10(12)17/h7H,2-6,8H2,1H3,(H2,12,17)(H,13,14). The summed E-state index contributed by atoms with van der Waals surface area (Å²) in [6, 6.07) is 0. The summed E-state index contributed by atoms with van der Waals surface area (Å²) in [5.41, 5.74) is 5.16. The van der Waals surface area contributed by atoms with Crippen LogP contribution in [0.1, 0.15) is 12.2 Å². The SMILES string of the molecule is Cc1ncc(S(=O)(=O)N2CCCN(CC(N)=O)CC2)[nH]1. The molecular formula is C11H19N5O3S. The molecule has 1 aromatic rings. The molecule has 0 unspecified atom stereocenters. The van der Waals surface area contributed by atoms with Crippen LogP contribution in [0.4, 0.5) is 0 Å². The number of carbonyl (C=O) groups is 1. The van der Waals surface area contributed by atoms with Crippen LogP contribution in [-0.4, -0.2) is 66.2 Å². The van der Waals surface area contributed by atoms with E-state index in [0.717, 1.165) is 0 Å². The zero-order chi connectivity index (χ0) is 14.8. The fourth-order valence-corrected chi connectivity index (χ4v) is 3.67. The number of nitrogens with zero attached hydrogens (tertiary/aromatic N) is 3. The fourth-order valence-electron chi connectivity index (χ4n) is 2.23. The number of H-pyrrole nitrogens is 1.